The largest absolute Gasteiger partial charge is 0.497 e. The number of hydrogen-bond donors (Lipinski definition) is 2. The van der Waals surface area contributed by atoms with Crippen LogP contribution in [0, 0.1) is 11.7 Å². The van der Waals surface area contributed by atoms with Crippen molar-refractivity contribution < 1.29 is 23.8 Å². The molecule has 2 aliphatic heterocycles. The predicted octanol–water partition coefficient (Wildman–Crippen LogP) is 4.31. The highest BCUT2D eigenvalue weighted by Gasteiger charge is 2.32. The summed E-state index contributed by atoms with van der Waals surface area (Å²) in [6, 6.07) is 14.2. The molecule has 0 spiro atoms. The minimum absolute atomic E-state index is 0.153. The fraction of sp³-hybridized carbons (Fsp3) is 0.419. The van der Waals surface area contributed by atoms with Gasteiger partial charge in [-0.2, -0.15) is 4.39 Å². The number of anilines is 2. The van der Waals surface area contributed by atoms with Crippen LogP contribution in [0.4, 0.5) is 16.0 Å². The summed E-state index contributed by atoms with van der Waals surface area (Å²) in [5.74, 6) is -1.10. The Kier molecular flexibility index (Phi) is 8.96. The Morgan fingerprint density at radius 1 is 0.951 bits per heavy atom. The quantitative estimate of drug-likeness (QED) is 0.398. The summed E-state index contributed by atoms with van der Waals surface area (Å²) in [6.45, 7) is 2.36. The zero-order valence-corrected chi connectivity index (χ0v) is 23.3. The first kappa shape index (κ1) is 28.3. The first-order valence-corrected chi connectivity index (χ1v) is 14.2. The number of rotatable bonds is 9. The van der Waals surface area contributed by atoms with Gasteiger partial charge in [0.2, 0.25) is 11.7 Å². The number of aliphatic carboxylic acids is 1. The molecule has 10 heteroatoms. The van der Waals surface area contributed by atoms with E-state index in [9.17, 15) is 14.7 Å². The van der Waals surface area contributed by atoms with Crippen LogP contribution in [0.3, 0.4) is 0 Å². The number of ether oxygens (including phenoxy) is 1. The summed E-state index contributed by atoms with van der Waals surface area (Å²) in [7, 11) is 1.62. The molecule has 0 aliphatic carbocycles. The van der Waals surface area contributed by atoms with Gasteiger partial charge in [0, 0.05) is 32.6 Å². The summed E-state index contributed by atoms with van der Waals surface area (Å²) in [5, 5.41) is 12.6. The molecule has 0 bridgehead atoms. The molecule has 2 fully saturated rings. The van der Waals surface area contributed by atoms with E-state index >= 15 is 4.39 Å². The standard InChI is InChI=1S/C31H36FN5O4/c1-41-25-13-11-23(12-14-25)22-9-7-21(8-10-22)18-26(31(39)40)35-30(38)24-6-5-17-37(19-24)29-27(32)28(33-20-34-29)36-15-3-2-4-16-36/h7-14,20,24,26H,2-6,15-19H2,1H3,(H,35,38)(H,39,40)/t24?,26-/m0/s1. The van der Waals surface area contributed by atoms with E-state index in [1.165, 1.54) is 6.33 Å². The fourth-order valence-corrected chi connectivity index (χ4v) is 5.62. The summed E-state index contributed by atoms with van der Waals surface area (Å²) < 4.78 is 20.7. The van der Waals surface area contributed by atoms with Crippen molar-refractivity contribution in [2.75, 3.05) is 43.1 Å². The number of amides is 1. The summed E-state index contributed by atoms with van der Waals surface area (Å²) >= 11 is 0. The SMILES string of the molecule is COc1ccc(-c2ccc(C[C@H](NC(=O)C3CCCN(c4ncnc(N5CCCCC5)c4F)C3)C(=O)O)cc2)cc1. The molecular formula is C31H36FN5O4. The Balaban J connectivity index is 1.22. The van der Waals surface area contributed by atoms with Crippen LogP contribution in [0.15, 0.2) is 54.9 Å². The van der Waals surface area contributed by atoms with Gasteiger partial charge in [0.15, 0.2) is 11.6 Å². The Morgan fingerprint density at radius 3 is 2.20 bits per heavy atom. The monoisotopic (exact) mass is 561 g/mol. The molecule has 5 rings (SSSR count). The molecule has 2 atom stereocenters. The summed E-state index contributed by atoms with van der Waals surface area (Å²) in [6.07, 6.45) is 5.94. The van der Waals surface area contributed by atoms with Crippen molar-refractivity contribution in [1.82, 2.24) is 15.3 Å². The van der Waals surface area contributed by atoms with Gasteiger partial charge in [0.05, 0.1) is 13.0 Å². The van der Waals surface area contributed by atoms with E-state index in [1.807, 2.05) is 53.4 Å². The maximum absolute atomic E-state index is 15.5. The van der Waals surface area contributed by atoms with E-state index in [1.54, 1.807) is 12.0 Å². The molecule has 1 aromatic heterocycles. The number of carboxylic acids is 1. The molecule has 9 nitrogen and oxygen atoms in total. The predicted molar refractivity (Wildman–Crippen MR) is 155 cm³/mol. The number of hydrogen-bond acceptors (Lipinski definition) is 7. The average Bonchev–Trinajstić information content (AvgIpc) is 3.01. The number of nitrogens with zero attached hydrogens (tertiary/aromatic N) is 4. The second-order valence-electron chi connectivity index (χ2n) is 10.7. The highest BCUT2D eigenvalue weighted by Crippen LogP contribution is 2.30. The molecule has 3 heterocycles. The Morgan fingerprint density at radius 2 is 1.56 bits per heavy atom. The van der Waals surface area contributed by atoms with E-state index in [0.717, 1.165) is 54.8 Å². The number of methoxy groups -OCH3 is 1. The molecular weight excluding hydrogens is 525 g/mol. The number of aromatic nitrogens is 2. The molecule has 0 saturated carbocycles. The molecule has 1 amide bonds. The van der Waals surface area contributed by atoms with E-state index in [-0.39, 0.29) is 24.7 Å². The van der Waals surface area contributed by atoms with Crippen molar-refractivity contribution in [3.05, 3.63) is 66.2 Å². The third-order valence-corrected chi connectivity index (χ3v) is 7.93. The van der Waals surface area contributed by atoms with Gasteiger partial charge in [-0.3, -0.25) is 4.79 Å². The van der Waals surface area contributed by atoms with Gasteiger partial charge in [-0.1, -0.05) is 36.4 Å². The highest BCUT2D eigenvalue weighted by atomic mass is 19.1. The number of carbonyl (C=O) groups excluding carboxylic acids is 1. The van der Waals surface area contributed by atoms with Gasteiger partial charge in [-0.05, 0) is 60.9 Å². The number of nitrogens with one attached hydrogen (secondary N) is 1. The molecule has 2 saturated heterocycles. The fourth-order valence-electron chi connectivity index (χ4n) is 5.62. The molecule has 3 aromatic rings. The second-order valence-corrected chi connectivity index (χ2v) is 10.7. The van der Waals surface area contributed by atoms with E-state index in [0.29, 0.717) is 25.2 Å². The number of carbonyl (C=O) groups is 2. The van der Waals surface area contributed by atoms with Crippen LogP contribution < -0.4 is 19.9 Å². The van der Waals surface area contributed by atoms with E-state index < -0.39 is 23.7 Å². The third-order valence-electron chi connectivity index (χ3n) is 7.93. The van der Waals surface area contributed by atoms with Gasteiger partial charge in [0.25, 0.3) is 0 Å². The zero-order chi connectivity index (χ0) is 28.8. The van der Waals surface area contributed by atoms with Gasteiger partial charge in [0.1, 0.15) is 18.1 Å². The van der Waals surface area contributed by atoms with Crippen molar-refractivity contribution in [2.45, 2.75) is 44.6 Å². The first-order chi connectivity index (χ1) is 19.9. The molecule has 41 heavy (non-hydrogen) atoms. The lowest BCUT2D eigenvalue weighted by atomic mass is 9.95. The number of piperidine rings is 2. The molecule has 2 aromatic carbocycles. The molecule has 2 N–H and O–H groups in total. The van der Waals surface area contributed by atoms with Gasteiger partial charge in [-0.15, -0.1) is 0 Å². The Labute approximate surface area is 239 Å². The van der Waals surface area contributed by atoms with Gasteiger partial charge in [-0.25, -0.2) is 14.8 Å². The Bertz CT molecular complexity index is 1350. The lowest BCUT2D eigenvalue weighted by molar-refractivity contribution is -0.142. The van der Waals surface area contributed by atoms with Crippen molar-refractivity contribution in [1.29, 1.82) is 0 Å². The first-order valence-electron chi connectivity index (χ1n) is 14.2. The van der Waals surface area contributed by atoms with Crippen molar-refractivity contribution in [2.24, 2.45) is 5.92 Å². The van der Waals surface area contributed by atoms with Crippen LogP contribution in [-0.2, 0) is 16.0 Å². The normalized spacial score (nSPS) is 18.0. The minimum Gasteiger partial charge on any atom is -0.497 e. The molecule has 2 aliphatic rings. The number of halogens is 1. The number of benzene rings is 2. The van der Waals surface area contributed by atoms with Crippen LogP contribution in [-0.4, -0.2) is 66.3 Å². The Hall–Kier alpha value is -4.21. The average molecular weight is 562 g/mol. The van der Waals surface area contributed by atoms with Crippen LogP contribution in [0.5, 0.6) is 5.75 Å². The second kappa shape index (κ2) is 13.0. The maximum Gasteiger partial charge on any atom is 0.326 e. The van der Waals surface area contributed by atoms with E-state index in [4.69, 9.17) is 4.74 Å². The van der Waals surface area contributed by atoms with Gasteiger partial charge >= 0.3 is 5.97 Å². The highest BCUT2D eigenvalue weighted by molar-refractivity contribution is 5.85. The number of carboxylic acid groups (broad SMARTS) is 1. The minimum atomic E-state index is -1.10. The van der Waals surface area contributed by atoms with Crippen LogP contribution in [0.25, 0.3) is 11.1 Å². The van der Waals surface area contributed by atoms with Crippen LogP contribution >= 0.6 is 0 Å². The summed E-state index contributed by atoms with van der Waals surface area (Å²) in [4.78, 5) is 37.5. The van der Waals surface area contributed by atoms with E-state index in [2.05, 4.69) is 15.3 Å². The zero-order valence-electron chi connectivity index (χ0n) is 23.3. The third kappa shape index (κ3) is 6.75. The summed E-state index contributed by atoms with van der Waals surface area (Å²) in [5.41, 5.74) is 2.81. The molecule has 1 unspecified atom stereocenters. The maximum atomic E-state index is 15.5. The van der Waals surface area contributed by atoms with Crippen molar-refractivity contribution in [3.63, 3.8) is 0 Å². The van der Waals surface area contributed by atoms with Crippen LogP contribution in [0.2, 0.25) is 0 Å². The lowest BCUT2D eigenvalue weighted by Gasteiger charge is -2.34. The smallest absolute Gasteiger partial charge is 0.326 e. The van der Waals surface area contributed by atoms with Crippen molar-refractivity contribution >= 4 is 23.5 Å². The topological polar surface area (TPSA) is 108 Å². The van der Waals surface area contributed by atoms with Crippen molar-refractivity contribution in [3.8, 4) is 16.9 Å². The molecule has 216 valence electrons. The lowest BCUT2D eigenvalue weighted by Crippen LogP contribution is -2.49. The van der Waals surface area contributed by atoms with Crippen LogP contribution in [0.1, 0.15) is 37.7 Å². The molecule has 0 radical (unpaired) electrons. The van der Waals surface area contributed by atoms with Gasteiger partial charge < -0.3 is 25.0 Å².